The molecular weight excluding hydrogens is 405 g/mol. The van der Waals surface area contributed by atoms with Crippen molar-refractivity contribution in [1.82, 2.24) is 25.6 Å². The molecule has 0 aliphatic carbocycles. The number of hydrogen-bond acceptors (Lipinski definition) is 8. The van der Waals surface area contributed by atoms with Crippen LogP contribution in [0.5, 0.6) is 0 Å². The highest BCUT2D eigenvalue weighted by molar-refractivity contribution is 7.21. The number of aromatic nitrogens is 3. The van der Waals surface area contributed by atoms with Gasteiger partial charge in [0.15, 0.2) is 0 Å². The van der Waals surface area contributed by atoms with E-state index in [1.54, 1.807) is 0 Å². The van der Waals surface area contributed by atoms with Gasteiger partial charge in [0.1, 0.15) is 22.8 Å². The molecule has 4 aromatic rings. The maximum atomic E-state index is 13.3. The van der Waals surface area contributed by atoms with Crippen LogP contribution in [0.25, 0.3) is 21.0 Å². The van der Waals surface area contributed by atoms with Crippen molar-refractivity contribution in [2.75, 3.05) is 30.8 Å². The fourth-order valence-corrected chi connectivity index (χ4v) is 4.73. The van der Waals surface area contributed by atoms with E-state index < -0.39 is 5.95 Å². The van der Waals surface area contributed by atoms with Gasteiger partial charge in [0.05, 0.1) is 17.2 Å². The van der Waals surface area contributed by atoms with Crippen LogP contribution < -0.4 is 21.3 Å². The minimum atomic E-state index is -0.614. The van der Waals surface area contributed by atoms with E-state index in [4.69, 9.17) is 0 Å². The second-order valence-electron chi connectivity index (χ2n) is 6.97. The zero-order valence-electron chi connectivity index (χ0n) is 16.0. The molecule has 0 radical (unpaired) electrons. The molecule has 0 fully saturated rings. The van der Waals surface area contributed by atoms with Crippen LogP contribution in [0.1, 0.15) is 9.67 Å². The third-order valence-electron chi connectivity index (χ3n) is 4.93. The molecule has 4 heterocycles. The van der Waals surface area contributed by atoms with E-state index in [9.17, 15) is 9.18 Å². The minimum Gasteiger partial charge on any atom is -0.381 e. The summed E-state index contributed by atoms with van der Waals surface area (Å²) < 4.78 is 14.3. The first-order valence-corrected chi connectivity index (χ1v) is 10.2. The SMILES string of the molecule is CNC[C@H]1CNc2c(sc3ccc4nc(Nc5cc(F)ncn5)ccc4c23)C(=O)N1. The molecule has 0 unspecified atom stereocenters. The molecule has 0 bridgehead atoms. The number of fused-ring (bicyclic) bond motifs is 5. The lowest BCUT2D eigenvalue weighted by Crippen LogP contribution is -2.43. The van der Waals surface area contributed by atoms with Gasteiger partial charge in [-0.25, -0.2) is 15.0 Å². The van der Waals surface area contributed by atoms with Gasteiger partial charge in [0.2, 0.25) is 5.95 Å². The first kappa shape index (κ1) is 18.6. The average Bonchev–Trinajstić information content (AvgIpc) is 3.04. The van der Waals surface area contributed by atoms with Crippen molar-refractivity contribution in [2.45, 2.75) is 6.04 Å². The summed E-state index contributed by atoms with van der Waals surface area (Å²) in [5, 5.41) is 14.5. The predicted octanol–water partition coefficient (Wildman–Crippen LogP) is 2.87. The number of carbonyl (C=O) groups excluding carboxylic acids is 1. The van der Waals surface area contributed by atoms with E-state index in [1.807, 2.05) is 31.3 Å². The zero-order chi connectivity index (χ0) is 20.7. The molecule has 1 atom stereocenters. The Bertz CT molecular complexity index is 1270. The number of thiophene rings is 1. The Kier molecular flexibility index (Phi) is 4.64. The van der Waals surface area contributed by atoms with Crippen LogP contribution >= 0.6 is 11.3 Å². The summed E-state index contributed by atoms with van der Waals surface area (Å²) >= 11 is 1.47. The van der Waals surface area contributed by atoms with E-state index in [0.29, 0.717) is 29.6 Å². The van der Waals surface area contributed by atoms with Crippen LogP contribution in [-0.2, 0) is 0 Å². The van der Waals surface area contributed by atoms with E-state index >= 15 is 0 Å². The molecule has 10 heteroatoms. The van der Waals surface area contributed by atoms with Crippen LogP contribution in [0.4, 0.5) is 21.7 Å². The van der Waals surface area contributed by atoms with Gasteiger partial charge < -0.3 is 21.3 Å². The van der Waals surface area contributed by atoms with Crippen molar-refractivity contribution in [3.8, 4) is 0 Å². The quantitative estimate of drug-likeness (QED) is 0.374. The van der Waals surface area contributed by atoms with Gasteiger partial charge in [0, 0.05) is 34.6 Å². The van der Waals surface area contributed by atoms with Crippen LogP contribution in [0, 0.1) is 5.95 Å². The maximum absolute atomic E-state index is 13.3. The number of nitrogens with zero attached hydrogens (tertiary/aromatic N) is 3. The van der Waals surface area contributed by atoms with Gasteiger partial charge in [-0.2, -0.15) is 4.39 Å². The Morgan fingerprint density at radius 3 is 2.97 bits per heavy atom. The van der Waals surface area contributed by atoms with Gasteiger partial charge in [0.25, 0.3) is 5.91 Å². The van der Waals surface area contributed by atoms with Crippen molar-refractivity contribution in [1.29, 1.82) is 0 Å². The Morgan fingerprint density at radius 1 is 1.23 bits per heavy atom. The molecule has 3 aromatic heterocycles. The molecule has 4 N–H and O–H groups in total. The number of rotatable bonds is 4. The molecule has 1 amide bonds. The van der Waals surface area contributed by atoms with Crippen LogP contribution in [0.15, 0.2) is 36.7 Å². The third kappa shape index (κ3) is 3.29. The molecule has 0 saturated carbocycles. The summed E-state index contributed by atoms with van der Waals surface area (Å²) in [5.41, 5.74) is 1.61. The smallest absolute Gasteiger partial charge is 0.263 e. The van der Waals surface area contributed by atoms with Crippen LogP contribution in [0.2, 0.25) is 0 Å². The predicted molar refractivity (Wildman–Crippen MR) is 116 cm³/mol. The van der Waals surface area contributed by atoms with E-state index in [1.165, 1.54) is 17.4 Å². The summed E-state index contributed by atoms with van der Waals surface area (Å²) in [6, 6.07) is 8.87. The monoisotopic (exact) mass is 423 g/mol. The number of carbonyl (C=O) groups is 1. The summed E-state index contributed by atoms with van der Waals surface area (Å²) in [7, 11) is 1.86. The maximum Gasteiger partial charge on any atom is 0.263 e. The van der Waals surface area contributed by atoms with Gasteiger partial charge in [-0.3, -0.25) is 4.79 Å². The molecule has 0 saturated heterocycles. The lowest BCUT2D eigenvalue weighted by atomic mass is 10.1. The fourth-order valence-electron chi connectivity index (χ4n) is 3.63. The van der Waals surface area contributed by atoms with Crippen LogP contribution in [0.3, 0.4) is 0 Å². The normalized spacial score (nSPS) is 16.1. The Balaban J connectivity index is 1.56. The van der Waals surface area contributed by atoms with E-state index in [-0.39, 0.29) is 11.9 Å². The number of halogens is 1. The second-order valence-corrected chi connectivity index (χ2v) is 8.02. The molecule has 1 aliphatic heterocycles. The number of benzene rings is 1. The van der Waals surface area contributed by atoms with Gasteiger partial charge in [-0.1, -0.05) is 0 Å². The number of amides is 1. The molecule has 1 aromatic carbocycles. The van der Waals surface area contributed by atoms with Gasteiger partial charge >= 0.3 is 0 Å². The molecule has 1 aliphatic rings. The Labute approximate surface area is 174 Å². The molecule has 0 spiro atoms. The topological polar surface area (TPSA) is 104 Å². The molecule has 30 heavy (non-hydrogen) atoms. The zero-order valence-corrected chi connectivity index (χ0v) is 16.8. The molecular formula is C20H18FN7OS. The average molecular weight is 423 g/mol. The second kappa shape index (κ2) is 7.47. The number of pyridine rings is 1. The highest BCUT2D eigenvalue weighted by Crippen LogP contribution is 2.41. The Morgan fingerprint density at radius 2 is 2.13 bits per heavy atom. The highest BCUT2D eigenvalue weighted by Gasteiger charge is 2.26. The number of nitrogens with one attached hydrogen (secondary N) is 4. The van der Waals surface area contributed by atoms with Crippen molar-refractivity contribution in [3.63, 3.8) is 0 Å². The van der Waals surface area contributed by atoms with Crippen molar-refractivity contribution in [3.05, 3.63) is 47.5 Å². The molecule has 152 valence electrons. The lowest BCUT2D eigenvalue weighted by Gasteiger charge is -2.15. The largest absolute Gasteiger partial charge is 0.381 e. The van der Waals surface area contributed by atoms with E-state index in [2.05, 4.69) is 36.2 Å². The standard InChI is InChI=1S/C20H18FN7OS/c1-22-7-10-8-23-18-17-11-2-5-15(28-16-6-14(21)24-9-25-16)27-12(11)3-4-13(17)30-19(18)20(29)26-10/h2-6,9-10,22-23H,7-8H2,1H3,(H,26,29)(H,24,25,27,28)/t10-/m0/s1. The first-order valence-electron chi connectivity index (χ1n) is 9.42. The van der Waals surface area contributed by atoms with Gasteiger partial charge in [-0.05, 0) is 31.3 Å². The number of hydrogen-bond donors (Lipinski definition) is 4. The summed E-state index contributed by atoms with van der Waals surface area (Å²) in [6.07, 6.45) is 1.15. The van der Waals surface area contributed by atoms with Gasteiger partial charge in [-0.15, -0.1) is 11.3 Å². The lowest BCUT2D eigenvalue weighted by molar-refractivity contribution is 0.0946. The van der Waals surface area contributed by atoms with E-state index in [0.717, 1.165) is 33.0 Å². The molecule has 8 nitrogen and oxygen atoms in total. The number of likely N-dealkylation sites (N-methyl/N-ethyl adjacent to an activating group) is 1. The van der Waals surface area contributed by atoms with Crippen LogP contribution in [-0.4, -0.2) is 47.0 Å². The van der Waals surface area contributed by atoms with Crippen molar-refractivity contribution >= 4 is 55.6 Å². The summed E-state index contributed by atoms with van der Waals surface area (Å²) in [4.78, 5) is 25.5. The summed E-state index contributed by atoms with van der Waals surface area (Å²) in [6.45, 7) is 1.32. The Hall–Kier alpha value is -3.37. The minimum absolute atomic E-state index is 0.00862. The van der Waals surface area contributed by atoms with Crippen molar-refractivity contribution < 1.29 is 9.18 Å². The summed E-state index contributed by atoms with van der Waals surface area (Å²) in [5.74, 6) is 0.188. The van der Waals surface area contributed by atoms with Crippen molar-refractivity contribution in [2.24, 2.45) is 0 Å². The third-order valence-corrected chi connectivity index (χ3v) is 6.08. The highest BCUT2D eigenvalue weighted by atomic mass is 32.1. The first-order chi connectivity index (χ1) is 14.6. The fraction of sp³-hybridized carbons (Fsp3) is 0.200. The molecule has 5 rings (SSSR count). The number of anilines is 3.